The van der Waals surface area contributed by atoms with Gasteiger partial charge in [0.2, 0.25) is 5.78 Å². The summed E-state index contributed by atoms with van der Waals surface area (Å²) in [5.74, 6) is -6.52. The molecule has 0 spiro atoms. The van der Waals surface area contributed by atoms with E-state index in [2.05, 4.69) is 20.4 Å². The molecule has 3 aliphatic carbocycles. The van der Waals surface area contributed by atoms with E-state index >= 15 is 0 Å². The molecule has 44 heavy (non-hydrogen) atoms. The number of aromatic amines is 2. The molecule has 14 heteroatoms. The number of hydrogen-bond donors (Lipinski definition) is 7. The molecule has 0 aliphatic heterocycles. The summed E-state index contributed by atoms with van der Waals surface area (Å²) >= 11 is 0. The first kappa shape index (κ1) is 29.1. The first-order valence-electron chi connectivity index (χ1n) is 14.1. The maximum absolute atomic E-state index is 13.9. The average Bonchev–Trinajstić information content (AvgIpc) is 3.66. The number of phenols is 1. The minimum atomic E-state index is -2.61. The molecule has 6 rings (SSSR count). The molecule has 0 saturated heterocycles. The Morgan fingerprint density at radius 1 is 1.05 bits per heavy atom. The van der Waals surface area contributed by atoms with Crippen LogP contribution in [-0.2, 0) is 40.4 Å². The molecule has 3 atom stereocenters. The predicted molar refractivity (Wildman–Crippen MR) is 156 cm³/mol. The van der Waals surface area contributed by atoms with Crippen LogP contribution in [0.5, 0.6) is 5.75 Å². The van der Waals surface area contributed by atoms with Crippen LogP contribution in [0.1, 0.15) is 40.9 Å². The van der Waals surface area contributed by atoms with Crippen LogP contribution in [0.3, 0.4) is 0 Å². The van der Waals surface area contributed by atoms with Gasteiger partial charge in [-0.15, -0.1) is 0 Å². The number of carbonyl (C=O) groups excluding carboxylic acids is 3. The number of aromatic hydroxyl groups is 1. The van der Waals surface area contributed by atoms with Gasteiger partial charge < -0.3 is 31.1 Å². The summed E-state index contributed by atoms with van der Waals surface area (Å²) < 4.78 is 0. The molecule has 3 unspecified atom stereocenters. The van der Waals surface area contributed by atoms with Crippen LogP contribution in [0, 0.1) is 11.8 Å². The molecule has 14 nitrogen and oxygen atoms in total. The van der Waals surface area contributed by atoms with Crippen LogP contribution < -0.4 is 10.6 Å². The van der Waals surface area contributed by atoms with Gasteiger partial charge in [-0.1, -0.05) is 0 Å². The molecule has 1 aromatic carbocycles. The maximum Gasteiger partial charge on any atom is 0.255 e. The molecule has 0 bridgehead atoms. The van der Waals surface area contributed by atoms with Crippen LogP contribution in [0.25, 0.3) is 5.76 Å². The van der Waals surface area contributed by atoms with Crippen molar-refractivity contribution < 1.29 is 34.8 Å². The molecule has 2 aromatic heterocycles. The first-order chi connectivity index (χ1) is 20.9. The van der Waals surface area contributed by atoms with Gasteiger partial charge in [0.05, 0.1) is 5.56 Å². The lowest BCUT2D eigenvalue weighted by molar-refractivity contribution is -0.147. The summed E-state index contributed by atoms with van der Waals surface area (Å²) in [5, 5.41) is 59.7. The van der Waals surface area contributed by atoms with Crippen molar-refractivity contribution in [3.8, 4) is 5.75 Å². The van der Waals surface area contributed by atoms with Crippen molar-refractivity contribution in [1.82, 2.24) is 25.3 Å². The van der Waals surface area contributed by atoms with Gasteiger partial charge in [0.25, 0.3) is 5.91 Å². The summed E-state index contributed by atoms with van der Waals surface area (Å²) in [5.41, 5.74) is 5.21. The Hall–Kier alpha value is -4.95. The number of anilines is 1. The Labute approximate surface area is 251 Å². The lowest BCUT2D eigenvalue weighted by Crippen LogP contribution is -2.58. The molecule has 1 amide bonds. The van der Waals surface area contributed by atoms with Crippen LogP contribution in [0.15, 0.2) is 47.5 Å². The second kappa shape index (κ2) is 10.6. The normalized spacial score (nSPS) is 23.1. The number of nitrogens with zero attached hydrogens (tertiary/aromatic N) is 4. The number of carbonyl (C=O) groups is 3. The predicted octanol–water partition coefficient (Wildman–Crippen LogP) is 1.14. The van der Waals surface area contributed by atoms with E-state index in [-0.39, 0.29) is 42.7 Å². The quantitative estimate of drug-likeness (QED) is 0.181. The summed E-state index contributed by atoms with van der Waals surface area (Å²) in [6, 6.07) is 5.53. The number of aliphatic hydroxyl groups is 3. The number of benzene rings is 1. The fourth-order valence-electron chi connectivity index (χ4n) is 6.88. The zero-order valence-corrected chi connectivity index (χ0v) is 24.2. The Morgan fingerprint density at radius 2 is 1.68 bits per heavy atom. The fraction of sp³-hybridized carbons (Fsp3) is 0.367. The van der Waals surface area contributed by atoms with E-state index in [0.29, 0.717) is 29.9 Å². The third kappa shape index (κ3) is 4.53. The number of fused-ring (bicyclic) bond motifs is 3. The third-order valence-corrected chi connectivity index (χ3v) is 8.90. The van der Waals surface area contributed by atoms with Crippen LogP contribution in [0.4, 0.5) is 5.69 Å². The third-order valence-electron chi connectivity index (χ3n) is 8.90. The minimum absolute atomic E-state index is 0.0568. The number of primary amides is 1. The van der Waals surface area contributed by atoms with E-state index in [0.717, 1.165) is 11.4 Å². The zero-order chi connectivity index (χ0) is 31.5. The number of ketones is 2. The minimum Gasteiger partial charge on any atom is -0.508 e. The highest BCUT2D eigenvalue weighted by molar-refractivity contribution is 6.22. The monoisotopic (exact) mass is 603 g/mol. The van der Waals surface area contributed by atoms with Gasteiger partial charge in [0.1, 0.15) is 22.8 Å². The number of nitrogens with one attached hydrogen (secondary N) is 2. The number of rotatable bonds is 8. The van der Waals surface area contributed by atoms with Gasteiger partial charge in [-0.2, -0.15) is 10.2 Å². The smallest absolute Gasteiger partial charge is 0.255 e. The number of hydrogen-bond acceptors (Lipinski definition) is 11. The molecule has 3 aromatic rings. The average molecular weight is 604 g/mol. The molecule has 2 heterocycles. The highest BCUT2D eigenvalue weighted by Gasteiger charge is 2.60. The van der Waals surface area contributed by atoms with Crippen molar-refractivity contribution in [2.75, 3.05) is 19.0 Å². The molecule has 3 aliphatic rings. The van der Waals surface area contributed by atoms with Crippen LogP contribution >= 0.6 is 0 Å². The number of phenolic OH excluding ortho intramolecular Hbond substituents is 1. The molecule has 8 N–H and O–H groups in total. The molecular weight excluding hydrogens is 570 g/mol. The number of Topliss-reactive ketones (excluding diaryl/α,β-unsaturated/α-hetero) is 2. The van der Waals surface area contributed by atoms with Crippen LogP contribution in [0.2, 0.25) is 0 Å². The zero-order valence-electron chi connectivity index (χ0n) is 24.2. The summed E-state index contributed by atoms with van der Waals surface area (Å²) in [6.07, 6.45) is 3.22. The Bertz CT molecular complexity index is 1690. The van der Waals surface area contributed by atoms with Crippen LogP contribution in [-0.4, -0.2) is 82.9 Å². The van der Waals surface area contributed by atoms with E-state index in [4.69, 9.17) is 5.73 Å². The number of aliphatic hydroxyl groups excluding tert-OH is 2. The van der Waals surface area contributed by atoms with E-state index < -0.39 is 52.0 Å². The Morgan fingerprint density at radius 3 is 2.23 bits per heavy atom. The second-order valence-electron chi connectivity index (χ2n) is 11.9. The molecule has 230 valence electrons. The molecular formula is C30H33N7O7. The first-order valence-corrected chi connectivity index (χ1v) is 14.1. The summed E-state index contributed by atoms with van der Waals surface area (Å²) in [4.78, 5) is 42.4. The highest BCUT2D eigenvalue weighted by atomic mass is 16.3. The van der Waals surface area contributed by atoms with Gasteiger partial charge in [-0.05, 0) is 42.5 Å². The standard InChI is InChI=1S/C30H33N7O7/c1-36(2)20-9-15(11-37(12-17-3-5-32-34-17)13-18-4-6-33-35-18)25(39)23-19(20)8-14-7-16-10-21(38)24(29(31)43)28(42)30(16,44)27(41)22(14)26(23)40/h3-6,9,14,16,39-40,42,44H,7-8,10-13H2,1-2H3,(H2,31,43)(H,32,34)(H,33,35). The lowest BCUT2D eigenvalue weighted by atomic mass is 9.59. The van der Waals surface area contributed by atoms with Crippen molar-refractivity contribution in [1.29, 1.82) is 0 Å². The van der Waals surface area contributed by atoms with Crippen molar-refractivity contribution in [3.05, 3.63) is 75.6 Å². The number of H-pyrrole nitrogens is 2. The largest absolute Gasteiger partial charge is 0.508 e. The van der Waals surface area contributed by atoms with Gasteiger partial charge in [0, 0.05) is 86.7 Å². The summed E-state index contributed by atoms with van der Waals surface area (Å²) in [7, 11) is 3.66. The van der Waals surface area contributed by atoms with Gasteiger partial charge in [0.15, 0.2) is 11.4 Å². The van der Waals surface area contributed by atoms with Crippen molar-refractivity contribution in [2.45, 2.75) is 44.5 Å². The van der Waals surface area contributed by atoms with Crippen molar-refractivity contribution in [2.24, 2.45) is 17.6 Å². The second-order valence-corrected chi connectivity index (χ2v) is 11.9. The highest BCUT2D eigenvalue weighted by Crippen LogP contribution is 2.53. The van der Waals surface area contributed by atoms with Crippen molar-refractivity contribution >= 4 is 28.9 Å². The molecule has 0 radical (unpaired) electrons. The lowest BCUT2D eigenvalue weighted by Gasteiger charge is -2.46. The fourth-order valence-corrected chi connectivity index (χ4v) is 6.88. The van der Waals surface area contributed by atoms with Crippen molar-refractivity contribution in [3.63, 3.8) is 0 Å². The molecule has 1 fully saturated rings. The van der Waals surface area contributed by atoms with E-state index in [9.17, 15) is 34.8 Å². The Kier molecular flexibility index (Phi) is 7.05. The number of amides is 1. The number of aromatic nitrogens is 4. The van der Waals surface area contributed by atoms with E-state index in [1.165, 1.54) is 0 Å². The number of nitrogens with two attached hydrogens (primary N) is 1. The van der Waals surface area contributed by atoms with Gasteiger partial charge in [-0.3, -0.25) is 29.5 Å². The van der Waals surface area contributed by atoms with Gasteiger partial charge in [-0.25, -0.2) is 0 Å². The van der Waals surface area contributed by atoms with E-state index in [1.54, 1.807) is 12.4 Å². The van der Waals surface area contributed by atoms with E-state index in [1.807, 2.05) is 42.1 Å². The molecule has 1 saturated carbocycles. The topological polar surface area (TPSA) is 222 Å². The summed E-state index contributed by atoms with van der Waals surface area (Å²) in [6.45, 7) is 1.13. The van der Waals surface area contributed by atoms with Gasteiger partial charge >= 0.3 is 0 Å². The SMILES string of the molecule is CN(C)c1cc(CN(Cc2ccn[nH]2)Cc2ccn[nH]2)c(O)c2c1CC1CC3CC(=O)C(C(N)=O)=C(O)C3(O)C(=O)C1=C2O. The Balaban J connectivity index is 1.45. The maximum atomic E-state index is 13.9.